The van der Waals surface area contributed by atoms with Gasteiger partial charge in [0.2, 0.25) is 0 Å². The largest absolute Gasteiger partial charge is 0.413 e. The smallest absolute Gasteiger partial charge is 0.119 e. The van der Waals surface area contributed by atoms with Gasteiger partial charge in [0, 0.05) is 0 Å². The lowest BCUT2D eigenvalue weighted by Crippen LogP contribution is -2.11. The second-order valence-corrected chi connectivity index (χ2v) is 2.89. The number of hydrogen-bond donors (Lipinski definition) is 1. The molecule has 2 nitrogen and oxygen atoms in total. The van der Waals surface area contributed by atoms with Crippen LogP contribution in [-0.2, 0) is 4.84 Å². The summed E-state index contributed by atoms with van der Waals surface area (Å²) in [6.45, 7) is 1.94. The molecule has 1 aromatic rings. The molecule has 1 N–H and O–H groups in total. The third kappa shape index (κ3) is 1.34. The van der Waals surface area contributed by atoms with Gasteiger partial charge in [-0.25, -0.2) is 0 Å². The molecular formula is C10H11NO. The Hall–Kier alpha value is -1.28. The maximum atomic E-state index is 5.13. The van der Waals surface area contributed by atoms with E-state index in [0.717, 1.165) is 5.76 Å². The van der Waals surface area contributed by atoms with E-state index in [4.69, 9.17) is 4.84 Å². The molecule has 2 heteroatoms. The average Bonchev–Trinajstić information content (AvgIpc) is 2.54. The van der Waals surface area contributed by atoms with Crippen LogP contribution in [0.3, 0.4) is 0 Å². The highest BCUT2D eigenvalue weighted by Gasteiger charge is 2.14. The Morgan fingerprint density at radius 3 is 2.58 bits per heavy atom. The summed E-state index contributed by atoms with van der Waals surface area (Å²) < 4.78 is 0. The number of rotatable bonds is 1. The van der Waals surface area contributed by atoms with Crippen molar-refractivity contribution >= 4 is 0 Å². The van der Waals surface area contributed by atoms with Crippen molar-refractivity contribution in [2.45, 2.75) is 13.0 Å². The van der Waals surface area contributed by atoms with E-state index in [-0.39, 0.29) is 6.04 Å². The highest BCUT2D eigenvalue weighted by atomic mass is 16.7. The predicted octanol–water partition coefficient (Wildman–Crippen LogP) is 2.17. The third-order valence-electron chi connectivity index (χ3n) is 1.91. The SMILES string of the molecule is CC1=CC(c2ccccc2)NO1. The van der Waals surface area contributed by atoms with E-state index in [1.165, 1.54) is 5.56 Å². The topological polar surface area (TPSA) is 21.3 Å². The van der Waals surface area contributed by atoms with Crippen LogP contribution in [0.4, 0.5) is 0 Å². The highest BCUT2D eigenvalue weighted by Crippen LogP contribution is 2.20. The van der Waals surface area contributed by atoms with Gasteiger partial charge in [0.1, 0.15) is 5.76 Å². The van der Waals surface area contributed by atoms with Gasteiger partial charge in [0.05, 0.1) is 6.04 Å². The summed E-state index contributed by atoms with van der Waals surface area (Å²) in [5, 5.41) is 0. The standard InChI is InChI=1S/C10H11NO/c1-8-7-10(11-12-8)9-5-3-2-4-6-9/h2-7,10-11H,1H3. The Kier molecular flexibility index (Phi) is 1.84. The van der Waals surface area contributed by atoms with Gasteiger partial charge >= 0.3 is 0 Å². The summed E-state index contributed by atoms with van der Waals surface area (Å²) >= 11 is 0. The minimum absolute atomic E-state index is 0.214. The molecule has 0 aliphatic carbocycles. The van der Waals surface area contributed by atoms with Gasteiger partial charge in [0.15, 0.2) is 0 Å². The monoisotopic (exact) mass is 161 g/mol. The molecule has 1 unspecified atom stereocenters. The minimum atomic E-state index is 0.214. The van der Waals surface area contributed by atoms with Crippen molar-refractivity contribution in [2.24, 2.45) is 0 Å². The molecule has 0 aromatic heterocycles. The van der Waals surface area contributed by atoms with Crippen LogP contribution in [0.25, 0.3) is 0 Å². The second-order valence-electron chi connectivity index (χ2n) is 2.89. The van der Waals surface area contributed by atoms with Crippen molar-refractivity contribution in [1.82, 2.24) is 5.48 Å². The number of benzene rings is 1. The van der Waals surface area contributed by atoms with E-state index in [0.29, 0.717) is 0 Å². The number of allylic oxidation sites excluding steroid dienone is 1. The van der Waals surface area contributed by atoms with Gasteiger partial charge in [-0.2, -0.15) is 0 Å². The molecule has 0 fully saturated rings. The van der Waals surface area contributed by atoms with Crippen molar-refractivity contribution in [1.29, 1.82) is 0 Å². The first kappa shape index (κ1) is 7.37. The van der Waals surface area contributed by atoms with Crippen LogP contribution in [0, 0.1) is 0 Å². The van der Waals surface area contributed by atoms with Crippen LogP contribution < -0.4 is 5.48 Å². The summed E-state index contributed by atoms with van der Waals surface area (Å²) in [6.07, 6.45) is 2.06. The van der Waals surface area contributed by atoms with Crippen LogP contribution in [-0.4, -0.2) is 0 Å². The maximum absolute atomic E-state index is 5.13. The summed E-state index contributed by atoms with van der Waals surface area (Å²) in [5.74, 6) is 0.934. The molecule has 0 bridgehead atoms. The molecule has 62 valence electrons. The van der Waals surface area contributed by atoms with Gasteiger partial charge in [0.25, 0.3) is 0 Å². The van der Waals surface area contributed by atoms with E-state index in [9.17, 15) is 0 Å². The Morgan fingerprint density at radius 1 is 1.25 bits per heavy atom. The molecule has 0 saturated carbocycles. The van der Waals surface area contributed by atoms with E-state index in [1.807, 2.05) is 25.1 Å². The molecular weight excluding hydrogens is 150 g/mol. The molecule has 0 spiro atoms. The van der Waals surface area contributed by atoms with Crippen molar-refractivity contribution in [3.8, 4) is 0 Å². The number of hydroxylamine groups is 1. The fraction of sp³-hybridized carbons (Fsp3) is 0.200. The lowest BCUT2D eigenvalue weighted by Gasteiger charge is -2.06. The van der Waals surface area contributed by atoms with E-state index < -0.39 is 0 Å². The van der Waals surface area contributed by atoms with Crippen LogP contribution in [0.5, 0.6) is 0 Å². The zero-order valence-corrected chi connectivity index (χ0v) is 6.95. The summed E-state index contributed by atoms with van der Waals surface area (Å²) in [4.78, 5) is 5.13. The molecule has 0 radical (unpaired) electrons. The third-order valence-corrected chi connectivity index (χ3v) is 1.91. The normalized spacial score (nSPS) is 21.8. The van der Waals surface area contributed by atoms with Crippen LogP contribution >= 0.6 is 0 Å². The summed E-state index contributed by atoms with van der Waals surface area (Å²) in [5.41, 5.74) is 4.16. The molecule has 1 aliphatic heterocycles. The minimum Gasteiger partial charge on any atom is -0.413 e. The molecule has 1 aromatic carbocycles. The van der Waals surface area contributed by atoms with Crippen molar-refractivity contribution in [3.05, 3.63) is 47.7 Å². The second kappa shape index (κ2) is 2.99. The summed E-state index contributed by atoms with van der Waals surface area (Å²) in [7, 11) is 0. The van der Waals surface area contributed by atoms with Gasteiger partial charge in [-0.05, 0) is 18.6 Å². The maximum Gasteiger partial charge on any atom is 0.119 e. The van der Waals surface area contributed by atoms with Crippen molar-refractivity contribution in [3.63, 3.8) is 0 Å². The quantitative estimate of drug-likeness (QED) is 0.681. The first-order chi connectivity index (χ1) is 5.86. The Morgan fingerprint density at radius 2 is 2.00 bits per heavy atom. The molecule has 0 amide bonds. The average molecular weight is 161 g/mol. The van der Waals surface area contributed by atoms with Gasteiger partial charge in [-0.15, -0.1) is 5.48 Å². The van der Waals surface area contributed by atoms with E-state index >= 15 is 0 Å². The first-order valence-corrected chi connectivity index (χ1v) is 4.02. The predicted molar refractivity (Wildman–Crippen MR) is 47.2 cm³/mol. The molecule has 2 rings (SSSR count). The zero-order chi connectivity index (χ0) is 8.39. The highest BCUT2D eigenvalue weighted by molar-refractivity contribution is 5.24. The van der Waals surface area contributed by atoms with E-state index in [2.05, 4.69) is 23.7 Å². The van der Waals surface area contributed by atoms with Gasteiger partial charge < -0.3 is 4.84 Å². The lowest BCUT2D eigenvalue weighted by atomic mass is 10.1. The van der Waals surface area contributed by atoms with Gasteiger partial charge in [-0.1, -0.05) is 30.3 Å². The zero-order valence-electron chi connectivity index (χ0n) is 6.95. The van der Waals surface area contributed by atoms with Crippen LogP contribution in [0.2, 0.25) is 0 Å². The fourth-order valence-electron chi connectivity index (χ4n) is 1.28. The van der Waals surface area contributed by atoms with Gasteiger partial charge in [-0.3, -0.25) is 0 Å². The lowest BCUT2D eigenvalue weighted by molar-refractivity contribution is 0.118. The fourth-order valence-corrected chi connectivity index (χ4v) is 1.28. The van der Waals surface area contributed by atoms with Crippen molar-refractivity contribution < 1.29 is 4.84 Å². The molecule has 1 aliphatic rings. The molecule has 1 heterocycles. The first-order valence-electron chi connectivity index (χ1n) is 4.02. The van der Waals surface area contributed by atoms with Crippen LogP contribution in [0.1, 0.15) is 18.5 Å². The molecule has 0 saturated heterocycles. The summed E-state index contributed by atoms with van der Waals surface area (Å²) in [6, 6.07) is 10.4. The van der Waals surface area contributed by atoms with Crippen molar-refractivity contribution in [2.75, 3.05) is 0 Å². The Labute approximate surface area is 71.8 Å². The molecule has 1 atom stereocenters. The number of nitrogens with one attached hydrogen (secondary N) is 1. The van der Waals surface area contributed by atoms with Crippen LogP contribution in [0.15, 0.2) is 42.2 Å². The van der Waals surface area contributed by atoms with E-state index in [1.54, 1.807) is 0 Å². The number of hydrogen-bond acceptors (Lipinski definition) is 2. The Bertz CT molecular complexity index is 292. The Balaban J connectivity index is 2.22. The molecule has 12 heavy (non-hydrogen) atoms.